The maximum absolute atomic E-state index is 5.86. The largest absolute Gasteiger partial charge is 1.00 e. The minimum atomic E-state index is 0. The van der Waals surface area contributed by atoms with E-state index in [-0.39, 0.29) is 17.9 Å². The summed E-state index contributed by atoms with van der Waals surface area (Å²) in [5, 5.41) is 3.49. The van der Waals surface area contributed by atoms with Crippen LogP contribution in [0.25, 0.3) is 0 Å². The smallest absolute Gasteiger partial charge is 0.123 e. The van der Waals surface area contributed by atoms with Gasteiger partial charge in [-0.3, -0.25) is 0 Å². The van der Waals surface area contributed by atoms with Crippen molar-refractivity contribution >= 4 is 15.9 Å². The number of ether oxygens (including phenoxy) is 1. The first kappa shape index (κ1) is 18.8. The molecule has 1 aromatic carbocycles. The Labute approximate surface area is 131 Å². The van der Waals surface area contributed by atoms with Gasteiger partial charge in [-0.15, -0.1) is 0 Å². The van der Waals surface area contributed by atoms with Crippen molar-refractivity contribution in [2.24, 2.45) is 5.92 Å². The van der Waals surface area contributed by atoms with E-state index < -0.39 is 0 Å². The normalized spacial score (nSPS) is 11.3. The molecule has 0 fully saturated rings. The van der Waals surface area contributed by atoms with E-state index in [0.717, 1.165) is 23.4 Å². The summed E-state index contributed by atoms with van der Waals surface area (Å²) in [4.78, 5) is 0. The maximum Gasteiger partial charge on any atom is 0.123 e. The Morgan fingerprint density at radius 1 is 1.26 bits per heavy atom. The second kappa shape index (κ2) is 8.13. The maximum atomic E-state index is 5.86. The van der Waals surface area contributed by atoms with Crippen LogP contribution in [0, 0.1) is 5.92 Å². The molecule has 1 N–H and O–H groups in total. The Hall–Kier alpha value is -0.250. The van der Waals surface area contributed by atoms with Gasteiger partial charge < -0.3 is 22.5 Å². The summed E-state index contributed by atoms with van der Waals surface area (Å²) in [6.45, 7) is 12.4. The fraction of sp³-hybridized carbons (Fsp3) is 0.600. The van der Waals surface area contributed by atoms with E-state index in [9.17, 15) is 0 Å². The van der Waals surface area contributed by atoms with Crippen molar-refractivity contribution in [3.8, 4) is 5.75 Å². The monoisotopic (exact) mass is 348 g/mol. The van der Waals surface area contributed by atoms with Crippen LogP contribution in [0.5, 0.6) is 5.75 Å². The van der Waals surface area contributed by atoms with Gasteiger partial charge in [0, 0.05) is 22.1 Å². The SMILES string of the molecule is CC(C)COc1ccc(Br)cc1CNC(C)(C)C.[Cl-]. The van der Waals surface area contributed by atoms with Gasteiger partial charge in [-0.05, 0) is 44.9 Å². The predicted octanol–water partition coefficient (Wildman–Crippen LogP) is 1.38. The molecule has 0 aliphatic carbocycles. The van der Waals surface area contributed by atoms with Crippen molar-refractivity contribution in [3.05, 3.63) is 28.2 Å². The molecule has 1 aromatic rings. The zero-order valence-corrected chi connectivity index (χ0v) is 14.7. The topological polar surface area (TPSA) is 21.3 Å². The highest BCUT2D eigenvalue weighted by atomic mass is 79.9. The van der Waals surface area contributed by atoms with Gasteiger partial charge in [0.2, 0.25) is 0 Å². The number of halogens is 2. The first-order valence-corrected chi connectivity index (χ1v) is 7.23. The van der Waals surface area contributed by atoms with Gasteiger partial charge in [0.15, 0.2) is 0 Å². The van der Waals surface area contributed by atoms with Crippen LogP contribution in [-0.4, -0.2) is 12.1 Å². The minimum Gasteiger partial charge on any atom is -1.00 e. The summed E-state index contributed by atoms with van der Waals surface area (Å²) in [5.74, 6) is 1.51. The van der Waals surface area contributed by atoms with Gasteiger partial charge >= 0.3 is 0 Å². The molecule has 0 spiro atoms. The molecular weight excluding hydrogens is 326 g/mol. The Kier molecular flexibility index (Phi) is 8.02. The quantitative estimate of drug-likeness (QED) is 0.867. The van der Waals surface area contributed by atoms with Crippen LogP contribution >= 0.6 is 15.9 Å². The van der Waals surface area contributed by atoms with Crippen molar-refractivity contribution in [1.82, 2.24) is 5.32 Å². The molecule has 1 rings (SSSR count). The molecule has 4 heteroatoms. The van der Waals surface area contributed by atoms with E-state index in [1.165, 1.54) is 5.56 Å². The molecule has 0 aromatic heterocycles. The van der Waals surface area contributed by atoms with Gasteiger partial charge in [0.25, 0.3) is 0 Å². The molecule has 0 saturated carbocycles. The van der Waals surface area contributed by atoms with Crippen molar-refractivity contribution in [3.63, 3.8) is 0 Å². The van der Waals surface area contributed by atoms with E-state index in [1.54, 1.807) is 0 Å². The highest BCUT2D eigenvalue weighted by Gasteiger charge is 2.11. The van der Waals surface area contributed by atoms with E-state index in [4.69, 9.17) is 4.74 Å². The van der Waals surface area contributed by atoms with Crippen molar-refractivity contribution < 1.29 is 17.1 Å². The standard InChI is InChI=1S/C15H24BrNO.ClH/c1-11(2)10-18-14-7-6-13(16)8-12(14)9-17-15(3,4)5;/h6-8,11,17H,9-10H2,1-5H3;1H/p-1. The Morgan fingerprint density at radius 3 is 2.42 bits per heavy atom. The van der Waals surface area contributed by atoms with Gasteiger partial charge in [0.05, 0.1) is 6.61 Å². The van der Waals surface area contributed by atoms with Gasteiger partial charge in [0.1, 0.15) is 5.75 Å². The Bertz CT molecular complexity index is 388. The van der Waals surface area contributed by atoms with Crippen LogP contribution in [0.4, 0.5) is 0 Å². The third kappa shape index (κ3) is 7.81. The fourth-order valence-electron chi connectivity index (χ4n) is 1.44. The van der Waals surface area contributed by atoms with Crippen LogP contribution < -0.4 is 22.5 Å². The van der Waals surface area contributed by atoms with Crippen molar-refractivity contribution in [1.29, 1.82) is 0 Å². The van der Waals surface area contributed by atoms with Crippen molar-refractivity contribution in [2.75, 3.05) is 6.61 Å². The van der Waals surface area contributed by atoms with E-state index in [0.29, 0.717) is 5.92 Å². The van der Waals surface area contributed by atoms with E-state index in [1.807, 2.05) is 12.1 Å². The molecule has 0 amide bonds. The lowest BCUT2D eigenvalue weighted by atomic mass is 10.1. The van der Waals surface area contributed by atoms with Crippen molar-refractivity contribution in [2.45, 2.75) is 46.7 Å². The molecular formula is C15H24BrClNO-. The summed E-state index contributed by atoms with van der Waals surface area (Å²) in [5.41, 5.74) is 1.30. The number of hydrogen-bond donors (Lipinski definition) is 1. The molecule has 0 aliphatic rings. The first-order chi connectivity index (χ1) is 8.28. The summed E-state index contributed by atoms with van der Waals surface area (Å²) in [7, 11) is 0. The molecule has 0 bridgehead atoms. The van der Waals surface area contributed by atoms with Gasteiger partial charge in [-0.25, -0.2) is 0 Å². The molecule has 110 valence electrons. The molecule has 0 saturated heterocycles. The summed E-state index contributed by atoms with van der Waals surface area (Å²) >= 11 is 3.51. The molecule has 0 radical (unpaired) electrons. The highest BCUT2D eigenvalue weighted by molar-refractivity contribution is 9.10. The number of benzene rings is 1. The van der Waals surface area contributed by atoms with Crippen LogP contribution in [0.2, 0.25) is 0 Å². The molecule has 0 atom stereocenters. The van der Waals surface area contributed by atoms with Crippen LogP contribution in [0.3, 0.4) is 0 Å². The first-order valence-electron chi connectivity index (χ1n) is 6.44. The predicted molar refractivity (Wildman–Crippen MR) is 81.1 cm³/mol. The lowest BCUT2D eigenvalue weighted by Crippen LogP contribution is -3.00. The number of hydrogen-bond acceptors (Lipinski definition) is 2. The lowest BCUT2D eigenvalue weighted by molar-refractivity contribution is -0.00000489. The van der Waals surface area contributed by atoms with Gasteiger partial charge in [-0.1, -0.05) is 29.8 Å². The number of rotatable bonds is 5. The molecule has 0 heterocycles. The highest BCUT2D eigenvalue weighted by Crippen LogP contribution is 2.24. The van der Waals surface area contributed by atoms with Gasteiger partial charge in [-0.2, -0.15) is 0 Å². The molecule has 0 aliphatic heterocycles. The molecule has 0 unspecified atom stereocenters. The lowest BCUT2D eigenvalue weighted by Gasteiger charge is -2.22. The molecule has 2 nitrogen and oxygen atoms in total. The van der Waals surface area contributed by atoms with Crippen LogP contribution in [-0.2, 0) is 6.54 Å². The minimum absolute atomic E-state index is 0. The second-order valence-corrected chi connectivity index (χ2v) is 6.98. The Balaban J connectivity index is 0.00000324. The third-order valence-corrected chi connectivity index (χ3v) is 2.90. The summed E-state index contributed by atoms with van der Waals surface area (Å²) in [6, 6.07) is 6.18. The summed E-state index contributed by atoms with van der Waals surface area (Å²) in [6.07, 6.45) is 0. The average Bonchev–Trinajstić information content (AvgIpc) is 2.23. The van der Waals surface area contributed by atoms with Crippen LogP contribution in [0.15, 0.2) is 22.7 Å². The van der Waals surface area contributed by atoms with E-state index in [2.05, 4.69) is 61.9 Å². The Morgan fingerprint density at radius 2 is 1.89 bits per heavy atom. The van der Waals surface area contributed by atoms with E-state index >= 15 is 0 Å². The second-order valence-electron chi connectivity index (χ2n) is 6.06. The molecule has 19 heavy (non-hydrogen) atoms. The van der Waals surface area contributed by atoms with Crippen LogP contribution in [0.1, 0.15) is 40.2 Å². The number of nitrogens with one attached hydrogen (secondary N) is 1. The summed E-state index contributed by atoms with van der Waals surface area (Å²) < 4.78 is 6.95. The third-order valence-electron chi connectivity index (χ3n) is 2.40. The fourth-order valence-corrected chi connectivity index (χ4v) is 1.85. The zero-order valence-electron chi connectivity index (χ0n) is 12.4. The zero-order chi connectivity index (χ0) is 13.8. The average molecular weight is 350 g/mol.